The molecule has 0 saturated heterocycles. The molecule has 21 heavy (non-hydrogen) atoms. The van der Waals surface area contributed by atoms with Crippen LogP contribution in [0.2, 0.25) is 0 Å². The van der Waals surface area contributed by atoms with Gasteiger partial charge < -0.3 is 5.11 Å². The van der Waals surface area contributed by atoms with Gasteiger partial charge in [0.1, 0.15) is 5.69 Å². The van der Waals surface area contributed by atoms with Gasteiger partial charge in [-0.05, 0) is 11.8 Å². The van der Waals surface area contributed by atoms with Gasteiger partial charge in [0.05, 0.1) is 24.4 Å². The number of fused-ring (bicyclic) bond motifs is 1. The smallest absolute Gasteiger partial charge is 0.167 e. The number of carbonyl (C=O) groups excluding carboxylic acids is 1. The van der Waals surface area contributed by atoms with Crippen LogP contribution >= 0.6 is 0 Å². The molecule has 0 amide bonds. The van der Waals surface area contributed by atoms with Crippen molar-refractivity contribution in [2.24, 2.45) is 5.41 Å². The molecule has 2 aromatic rings. The standard InChI is InChI=1S/C17H20N2O2/c1-17(2)10-13-15(14(21)11-17)16(18-19(13)8-9-20)12-6-4-3-5-7-12/h3-7,20H,8-11H2,1-2H3. The molecular weight excluding hydrogens is 264 g/mol. The van der Waals surface area contributed by atoms with E-state index in [1.807, 2.05) is 30.3 Å². The maximum Gasteiger partial charge on any atom is 0.167 e. The molecule has 3 rings (SSSR count). The van der Waals surface area contributed by atoms with Crippen LogP contribution in [0.3, 0.4) is 0 Å². The molecule has 0 spiro atoms. The van der Waals surface area contributed by atoms with Crippen molar-refractivity contribution in [1.82, 2.24) is 9.78 Å². The van der Waals surface area contributed by atoms with Crippen molar-refractivity contribution < 1.29 is 9.90 Å². The Balaban J connectivity index is 2.18. The highest BCUT2D eigenvalue weighted by Crippen LogP contribution is 2.38. The van der Waals surface area contributed by atoms with Gasteiger partial charge in [0, 0.05) is 12.0 Å². The summed E-state index contributed by atoms with van der Waals surface area (Å²) in [5.74, 6) is 0.157. The van der Waals surface area contributed by atoms with Gasteiger partial charge in [-0.2, -0.15) is 5.10 Å². The lowest BCUT2D eigenvalue weighted by molar-refractivity contribution is 0.0909. The number of rotatable bonds is 3. The van der Waals surface area contributed by atoms with E-state index >= 15 is 0 Å². The van der Waals surface area contributed by atoms with E-state index in [2.05, 4.69) is 18.9 Å². The van der Waals surface area contributed by atoms with E-state index in [4.69, 9.17) is 0 Å². The molecule has 4 nitrogen and oxygen atoms in total. The fourth-order valence-electron chi connectivity index (χ4n) is 3.09. The molecule has 4 heteroatoms. The van der Waals surface area contributed by atoms with Crippen molar-refractivity contribution in [2.45, 2.75) is 33.2 Å². The van der Waals surface area contributed by atoms with Gasteiger partial charge in [0.2, 0.25) is 0 Å². The van der Waals surface area contributed by atoms with Gasteiger partial charge in [0.15, 0.2) is 5.78 Å². The summed E-state index contributed by atoms with van der Waals surface area (Å²) in [7, 11) is 0. The van der Waals surface area contributed by atoms with Crippen molar-refractivity contribution in [3.05, 3.63) is 41.6 Å². The molecule has 0 atom stereocenters. The number of aromatic nitrogens is 2. The molecule has 0 unspecified atom stereocenters. The third-order valence-corrected chi connectivity index (χ3v) is 3.98. The Morgan fingerprint density at radius 1 is 1.24 bits per heavy atom. The third-order valence-electron chi connectivity index (χ3n) is 3.98. The van der Waals surface area contributed by atoms with Crippen LogP contribution in [0.15, 0.2) is 30.3 Å². The summed E-state index contributed by atoms with van der Waals surface area (Å²) in [6.45, 7) is 4.66. The van der Waals surface area contributed by atoms with Crippen LogP contribution in [0.25, 0.3) is 11.3 Å². The van der Waals surface area contributed by atoms with Crippen LogP contribution < -0.4 is 0 Å². The molecule has 1 aliphatic carbocycles. The molecule has 1 aliphatic rings. The quantitative estimate of drug-likeness (QED) is 0.942. The summed E-state index contributed by atoms with van der Waals surface area (Å²) in [4.78, 5) is 12.6. The van der Waals surface area contributed by atoms with Gasteiger partial charge >= 0.3 is 0 Å². The zero-order valence-corrected chi connectivity index (χ0v) is 12.5. The van der Waals surface area contributed by atoms with E-state index in [-0.39, 0.29) is 17.8 Å². The largest absolute Gasteiger partial charge is 0.394 e. The van der Waals surface area contributed by atoms with Gasteiger partial charge in [-0.15, -0.1) is 0 Å². The van der Waals surface area contributed by atoms with Crippen molar-refractivity contribution in [1.29, 1.82) is 0 Å². The van der Waals surface area contributed by atoms with Crippen molar-refractivity contribution in [2.75, 3.05) is 6.61 Å². The van der Waals surface area contributed by atoms with Crippen molar-refractivity contribution >= 4 is 5.78 Å². The minimum Gasteiger partial charge on any atom is -0.394 e. The van der Waals surface area contributed by atoms with Gasteiger partial charge in [-0.1, -0.05) is 44.2 Å². The van der Waals surface area contributed by atoms with Crippen LogP contribution in [-0.2, 0) is 13.0 Å². The number of ketones is 1. The lowest BCUT2D eigenvalue weighted by Crippen LogP contribution is -2.28. The second-order valence-electron chi connectivity index (χ2n) is 6.42. The maximum absolute atomic E-state index is 12.6. The molecule has 1 N–H and O–H groups in total. The first-order chi connectivity index (χ1) is 10.0. The lowest BCUT2D eigenvalue weighted by atomic mass is 9.75. The first-order valence-corrected chi connectivity index (χ1v) is 7.31. The number of hydrogen-bond acceptors (Lipinski definition) is 3. The molecule has 0 fully saturated rings. The molecule has 110 valence electrons. The summed E-state index contributed by atoms with van der Waals surface area (Å²) in [6, 6.07) is 9.79. The molecule has 1 aromatic heterocycles. The average molecular weight is 284 g/mol. The van der Waals surface area contributed by atoms with Crippen molar-refractivity contribution in [3.63, 3.8) is 0 Å². The summed E-state index contributed by atoms with van der Waals surface area (Å²) >= 11 is 0. The number of nitrogens with zero attached hydrogens (tertiary/aromatic N) is 2. The number of aliphatic hydroxyl groups excluding tert-OH is 1. The molecule has 0 aliphatic heterocycles. The normalized spacial score (nSPS) is 16.8. The van der Waals surface area contributed by atoms with E-state index < -0.39 is 0 Å². The Morgan fingerprint density at radius 2 is 1.95 bits per heavy atom. The second-order valence-corrected chi connectivity index (χ2v) is 6.42. The maximum atomic E-state index is 12.6. The third kappa shape index (κ3) is 2.51. The van der Waals surface area contributed by atoms with E-state index in [1.54, 1.807) is 4.68 Å². The first kappa shape index (κ1) is 14.0. The number of carbonyl (C=O) groups is 1. The van der Waals surface area contributed by atoms with Gasteiger partial charge in [-0.25, -0.2) is 0 Å². The highest BCUT2D eigenvalue weighted by molar-refractivity contribution is 6.04. The Labute approximate surface area is 124 Å². The second kappa shape index (κ2) is 5.11. The highest BCUT2D eigenvalue weighted by atomic mass is 16.3. The summed E-state index contributed by atoms with van der Waals surface area (Å²) < 4.78 is 1.80. The minimum absolute atomic E-state index is 0.0248. The number of Topliss-reactive ketones (excluding diaryl/α,β-unsaturated/α-hetero) is 1. The Morgan fingerprint density at radius 3 is 2.62 bits per heavy atom. The summed E-state index contributed by atoms with van der Waals surface area (Å²) in [5.41, 5.74) is 3.36. The van der Waals surface area contributed by atoms with Crippen LogP contribution in [0.1, 0.15) is 36.3 Å². The topological polar surface area (TPSA) is 55.1 Å². The lowest BCUT2D eigenvalue weighted by Gasteiger charge is -2.29. The molecule has 0 saturated carbocycles. The molecule has 0 radical (unpaired) electrons. The zero-order valence-electron chi connectivity index (χ0n) is 12.5. The predicted molar refractivity (Wildman–Crippen MR) is 81.2 cm³/mol. The first-order valence-electron chi connectivity index (χ1n) is 7.31. The predicted octanol–water partition coefficient (Wildman–Crippen LogP) is 2.70. The van der Waals surface area contributed by atoms with Crippen LogP contribution in [0, 0.1) is 5.41 Å². The molecule has 1 aromatic carbocycles. The molecular formula is C17H20N2O2. The number of aliphatic hydroxyl groups is 1. The van der Waals surface area contributed by atoms with Gasteiger partial charge in [0.25, 0.3) is 0 Å². The Bertz CT molecular complexity index is 672. The van der Waals surface area contributed by atoms with E-state index in [0.717, 1.165) is 28.9 Å². The summed E-state index contributed by atoms with van der Waals surface area (Å²) in [6.07, 6.45) is 1.36. The number of hydrogen-bond donors (Lipinski definition) is 1. The Kier molecular flexibility index (Phi) is 3.41. The van der Waals surface area contributed by atoms with Crippen molar-refractivity contribution in [3.8, 4) is 11.3 Å². The summed E-state index contributed by atoms with van der Waals surface area (Å²) in [5, 5.41) is 13.9. The van der Waals surface area contributed by atoms with Crippen LogP contribution in [0.4, 0.5) is 0 Å². The fourth-order valence-corrected chi connectivity index (χ4v) is 3.09. The van der Waals surface area contributed by atoms with Crippen LogP contribution in [0.5, 0.6) is 0 Å². The highest BCUT2D eigenvalue weighted by Gasteiger charge is 2.36. The molecule has 1 heterocycles. The van der Waals surface area contributed by atoms with E-state index in [0.29, 0.717) is 13.0 Å². The fraction of sp³-hybridized carbons (Fsp3) is 0.412. The minimum atomic E-state index is -0.0503. The average Bonchev–Trinajstić information content (AvgIpc) is 2.78. The van der Waals surface area contributed by atoms with E-state index in [1.165, 1.54) is 0 Å². The zero-order chi connectivity index (χ0) is 15.0. The van der Waals surface area contributed by atoms with Crippen LogP contribution in [-0.4, -0.2) is 27.3 Å². The monoisotopic (exact) mass is 284 g/mol. The molecule has 0 bridgehead atoms. The number of benzene rings is 1. The Hall–Kier alpha value is -1.94. The van der Waals surface area contributed by atoms with Gasteiger partial charge in [-0.3, -0.25) is 9.48 Å². The van der Waals surface area contributed by atoms with E-state index in [9.17, 15) is 9.90 Å². The SMILES string of the molecule is CC1(C)CC(=O)c2c(-c3ccccc3)nn(CCO)c2C1.